The molecule has 3 aromatic rings. The fourth-order valence-electron chi connectivity index (χ4n) is 5.32. The lowest BCUT2D eigenvalue weighted by Crippen LogP contribution is -2.37. The summed E-state index contributed by atoms with van der Waals surface area (Å²) in [5, 5.41) is 4.98. The van der Waals surface area contributed by atoms with E-state index in [1.165, 1.54) is 0 Å². The minimum atomic E-state index is -0.0211. The first-order chi connectivity index (χ1) is 14.5. The van der Waals surface area contributed by atoms with Crippen LogP contribution in [-0.4, -0.2) is 21.5 Å². The molecule has 1 amide bonds. The van der Waals surface area contributed by atoms with Crippen molar-refractivity contribution in [3.05, 3.63) is 63.4 Å². The lowest BCUT2D eigenvalue weighted by molar-refractivity contribution is 0.0927. The van der Waals surface area contributed by atoms with Crippen LogP contribution in [0.1, 0.15) is 42.6 Å². The highest BCUT2D eigenvalue weighted by Crippen LogP contribution is 2.62. The van der Waals surface area contributed by atoms with E-state index in [4.69, 9.17) is 34.8 Å². The van der Waals surface area contributed by atoms with Gasteiger partial charge in [-0.2, -0.15) is 0 Å². The Kier molecular flexibility index (Phi) is 5.20. The molecule has 0 radical (unpaired) electrons. The summed E-state index contributed by atoms with van der Waals surface area (Å²) in [6, 6.07) is 11.4. The van der Waals surface area contributed by atoms with E-state index in [1.807, 2.05) is 18.5 Å². The maximum absolute atomic E-state index is 12.6. The number of nitrogens with zero attached hydrogens (tertiary/aromatic N) is 2. The Balaban J connectivity index is 1.26. The Hall–Kier alpha value is -1.75. The summed E-state index contributed by atoms with van der Waals surface area (Å²) in [4.78, 5) is 17.2. The number of nitrogens with one attached hydrogen (secondary N) is 1. The van der Waals surface area contributed by atoms with Gasteiger partial charge < -0.3 is 9.88 Å². The second-order valence-electron chi connectivity index (χ2n) is 8.43. The predicted molar refractivity (Wildman–Crippen MR) is 121 cm³/mol. The van der Waals surface area contributed by atoms with Gasteiger partial charge in [-0.3, -0.25) is 4.79 Å². The molecular weight excluding hydrogens is 441 g/mol. The van der Waals surface area contributed by atoms with Gasteiger partial charge in [-0.25, -0.2) is 4.98 Å². The minimum absolute atomic E-state index is 0.0211. The van der Waals surface area contributed by atoms with Gasteiger partial charge in [0, 0.05) is 22.7 Å². The fourth-order valence-corrected chi connectivity index (χ4v) is 5.77. The third-order valence-corrected chi connectivity index (χ3v) is 7.80. The van der Waals surface area contributed by atoms with Crippen LogP contribution in [0.15, 0.2) is 42.7 Å². The highest BCUT2D eigenvalue weighted by Gasteiger charge is 2.59. The minimum Gasteiger partial charge on any atom is -0.349 e. The van der Waals surface area contributed by atoms with Crippen molar-refractivity contribution in [2.75, 3.05) is 0 Å². The van der Waals surface area contributed by atoms with E-state index >= 15 is 0 Å². The van der Waals surface area contributed by atoms with Crippen LogP contribution in [0.3, 0.4) is 0 Å². The SMILES string of the molecule is CCC(NC(=O)c1ccc(Cl)cc1)C1[C@H]2CC(n3cnc4cc(Cl)c(Cl)cc43)C[C@@H]12. The van der Waals surface area contributed by atoms with Crippen LogP contribution in [0.2, 0.25) is 15.1 Å². The summed E-state index contributed by atoms with van der Waals surface area (Å²) in [5.74, 6) is 1.82. The second-order valence-corrected chi connectivity index (χ2v) is 9.68. The van der Waals surface area contributed by atoms with Crippen molar-refractivity contribution in [1.82, 2.24) is 14.9 Å². The summed E-state index contributed by atoms with van der Waals surface area (Å²) in [6.07, 6.45) is 5.05. The second kappa shape index (κ2) is 7.74. The topological polar surface area (TPSA) is 46.9 Å². The average Bonchev–Trinajstić information content (AvgIpc) is 3.04. The number of benzene rings is 2. The van der Waals surface area contributed by atoms with E-state index < -0.39 is 0 Å². The molecule has 1 heterocycles. The molecule has 2 aliphatic carbocycles. The van der Waals surface area contributed by atoms with Crippen molar-refractivity contribution in [2.45, 2.75) is 38.3 Å². The number of amides is 1. The van der Waals surface area contributed by atoms with E-state index in [0.717, 1.165) is 30.3 Å². The largest absolute Gasteiger partial charge is 0.349 e. The quantitative estimate of drug-likeness (QED) is 0.477. The molecular formula is C23H22Cl3N3O. The first kappa shape index (κ1) is 20.2. The van der Waals surface area contributed by atoms with Gasteiger partial charge in [-0.1, -0.05) is 41.7 Å². The molecule has 2 aliphatic rings. The van der Waals surface area contributed by atoms with Crippen LogP contribution in [0.25, 0.3) is 11.0 Å². The zero-order valence-corrected chi connectivity index (χ0v) is 18.8. The van der Waals surface area contributed by atoms with E-state index in [0.29, 0.717) is 44.4 Å². The first-order valence-electron chi connectivity index (χ1n) is 10.3. The maximum Gasteiger partial charge on any atom is 0.251 e. The summed E-state index contributed by atoms with van der Waals surface area (Å²) >= 11 is 18.3. The van der Waals surface area contributed by atoms with E-state index in [2.05, 4.69) is 21.8 Å². The first-order valence-corrected chi connectivity index (χ1v) is 11.5. The Morgan fingerprint density at radius 3 is 2.47 bits per heavy atom. The molecule has 0 aliphatic heterocycles. The molecule has 5 rings (SSSR count). The molecule has 156 valence electrons. The molecule has 4 nitrogen and oxygen atoms in total. The molecule has 7 heteroatoms. The third-order valence-electron chi connectivity index (χ3n) is 6.82. The van der Waals surface area contributed by atoms with Crippen LogP contribution >= 0.6 is 34.8 Å². The molecule has 1 N–H and O–H groups in total. The number of carbonyl (C=O) groups excluding carboxylic acids is 1. The molecule has 2 fully saturated rings. The highest BCUT2D eigenvalue weighted by atomic mass is 35.5. The van der Waals surface area contributed by atoms with Crippen molar-refractivity contribution >= 4 is 51.7 Å². The zero-order valence-electron chi connectivity index (χ0n) is 16.5. The molecule has 2 saturated carbocycles. The van der Waals surface area contributed by atoms with Gasteiger partial charge in [0.2, 0.25) is 0 Å². The monoisotopic (exact) mass is 461 g/mol. The molecule has 1 aromatic heterocycles. The van der Waals surface area contributed by atoms with Gasteiger partial charge in [0.1, 0.15) is 0 Å². The number of fused-ring (bicyclic) bond motifs is 2. The van der Waals surface area contributed by atoms with Crippen LogP contribution in [0.4, 0.5) is 0 Å². The van der Waals surface area contributed by atoms with Crippen LogP contribution < -0.4 is 5.32 Å². The summed E-state index contributed by atoms with van der Waals surface area (Å²) in [6.45, 7) is 2.15. The molecule has 3 unspecified atom stereocenters. The number of aromatic nitrogens is 2. The van der Waals surface area contributed by atoms with Gasteiger partial charge in [-0.05, 0) is 73.4 Å². The van der Waals surface area contributed by atoms with Gasteiger partial charge in [-0.15, -0.1) is 0 Å². The van der Waals surface area contributed by atoms with E-state index in [-0.39, 0.29) is 11.9 Å². The van der Waals surface area contributed by atoms with Crippen LogP contribution in [-0.2, 0) is 0 Å². The number of imidazole rings is 1. The van der Waals surface area contributed by atoms with Crippen molar-refractivity contribution in [2.24, 2.45) is 17.8 Å². The van der Waals surface area contributed by atoms with Crippen molar-refractivity contribution in [1.29, 1.82) is 0 Å². The fraction of sp³-hybridized carbons (Fsp3) is 0.391. The Bertz CT molecular complexity index is 1100. The van der Waals surface area contributed by atoms with E-state index in [9.17, 15) is 4.79 Å². The van der Waals surface area contributed by atoms with Crippen molar-refractivity contribution < 1.29 is 4.79 Å². The normalized spacial score (nSPS) is 25.9. The Labute approximate surface area is 190 Å². The number of carbonyl (C=O) groups is 1. The predicted octanol–water partition coefficient (Wildman–Crippen LogP) is 6.40. The van der Waals surface area contributed by atoms with Crippen LogP contribution in [0, 0.1) is 17.8 Å². The summed E-state index contributed by atoms with van der Waals surface area (Å²) < 4.78 is 2.24. The highest BCUT2D eigenvalue weighted by molar-refractivity contribution is 6.42. The molecule has 30 heavy (non-hydrogen) atoms. The standard InChI is InChI=1S/C23H22Cl3N3O/c1-2-19(28-23(30)12-3-5-13(24)6-4-12)22-15-7-14(8-16(15)22)29-11-27-20-9-17(25)18(26)10-21(20)29/h3-6,9-11,14-16,19,22H,2,7-8H2,1H3,(H,28,30)/t14?,15-,16+,19?,22?. The van der Waals surface area contributed by atoms with Crippen molar-refractivity contribution in [3.63, 3.8) is 0 Å². The summed E-state index contributed by atoms with van der Waals surface area (Å²) in [5.41, 5.74) is 2.57. The van der Waals surface area contributed by atoms with Gasteiger partial charge in [0.05, 0.1) is 27.4 Å². The third kappa shape index (κ3) is 3.49. The van der Waals surface area contributed by atoms with Gasteiger partial charge in [0.15, 0.2) is 0 Å². The van der Waals surface area contributed by atoms with Crippen LogP contribution in [0.5, 0.6) is 0 Å². The zero-order chi connectivity index (χ0) is 21.0. The lowest BCUT2D eigenvalue weighted by atomic mass is 9.99. The number of halogens is 3. The maximum atomic E-state index is 12.6. The smallest absolute Gasteiger partial charge is 0.251 e. The molecule has 0 bridgehead atoms. The molecule has 5 atom stereocenters. The Morgan fingerprint density at radius 1 is 1.13 bits per heavy atom. The number of hydrogen-bond donors (Lipinski definition) is 1. The van der Waals surface area contributed by atoms with Gasteiger partial charge >= 0.3 is 0 Å². The summed E-state index contributed by atoms with van der Waals surface area (Å²) in [7, 11) is 0. The molecule has 0 saturated heterocycles. The Morgan fingerprint density at radius 2 is 1.80 bits per heavy atom. The number of rotatable bonds is 5. The number of hydrogen-bond acceptors (Lipinski definition) is 2. The molecule has 2 aromatic carbocycles. The van der Waals surface area contributed by atoms with Crippen molar-refractivity contribution in [3.8, 4) is 0 Å². The van der Waals surface area contributed by atoms with Gasteiger partial charge in [0.25, 0.3) is 5.91 Å². The lowest BCUT2D eigenvalue weighted by Gasteiger charge is -2.22. The average molecular weight is 463 g/mol. The van der Waals surface area contributed by atoms with E-state index in [1.54, 1.807) is 24.3 Å². The molecule has 0 spiro atoms.